The molecule has 0 saturated carbocycles. The highest BCUT2D eigenvalue weighted by atomic mass is 32.2. The zero-order valence-electron chi connectivity index (χ0n) is 14.6. The number of thioether (sulfide) groups is 1. The summed E-state index contributed by atoms with van der Waals surface area (Å²) < 4.78 is 0. The second kappa shape index (κ2) is 12.8. The summed E-state index contributed by atoms with van der Waals surface area (Å²) in [6, 6.07) is -4.31. The van der Waals surface area contributed by atoms with Crippen LogP contribution < -0.4 is 21.7 Å². The minimum atomic E-state index is -1.23. The molecule has 26 heavy (non-hydrogen) atoms. The Kier molecular flexibility index (Phi) is 12.1. The minimum Gasteiger partial charge on any atom is -0.480 e. The SMILES string of the molecule is CSCCC(NC(=O)C(C)NC(=O)C(N)CO)C(=O)NC(CS)C(=O)O. The van der Waals surface area contributed by atoms with Crippen molar-refractivity contribution >= 4 is 48.1 Å². The van der Waals surface area contributed by atoms with E-state index in [1.165, 1.54) is 18.7 Å². The molecule has 0 aromatic rings. The van der Waals surface area contributed by atoms with E-state index in [4.69, 9.17) is 15.9 Å². The molecule has 0 spiro atoms. The van der Waals surface area contributed by atoms with Crippen molar-refractivity contribution in [2.24, 2.45) is 5.73 Å². The minimum absolute atomic E-state index is 0.101. The quantitative estimate of drug-likeness (QED) is 0.174. The van der Waals surface area contributed by atoms with Crippen LogP contribution in [0.15, 0.2) is 0 Å². The number of amides is 3. The number of nitrogens with one attached hydrogen (secondary N) is 3. The number of aliphatic hydroxyl groups is 1. The van der Waals surface area contributed by atoms with Crippen LogP contribution in [-0.2, 0) is 19.2 Å². The number of carboxylic acids is 1. The number of thiol groups is 1. The van der Waals surface area contributed by atoms with Gasteiger partial charge in [-0.2, -0.15) is 24.4 Å². The molecule has 0 aliphatic rings. The Morgan fingerprint density at radius 2 is 1.65 bits per heavy atom. The molecular formula is C14H26N4O6S2. The van der Waals surface area contributed by atoms with E-state index in [0.29, 0.717) is 5.75 Å². The van der Waals surface area contributed by atoms with Crippen LogP contribution in [0.25, 0.3) is 0 Å². The largest absolute Gasteiger partial charge is 0.480 e. The van der Waals surface area contributed by atoms with Crippen LogP contribution in [0.2, 0.25) is 0 Å². The average molecular weight is 411 g/mol. The first-order valence-corrected chi connectivity index (χ1v) is 9.80. The van der Waals surface area contributed by atoms with Crippen molar-refractivity contribution in [2.75, 3.05) is 24.4 Å². The number of carbonyl (C=O) groups excluding carboxylic acids is 3. The van der Waals surface area contributed by atoms with E-state index in [1.807, 2.05) is 6.26 Å². The predicted molar refractivity (Wildman–Crippen MR) is 101 cm³/mol. The molecule has 7 N–H and O–H groups in total. The Bertz CT molecular complexity index is 508. The van der Waals surface area contributed by atoms with Gasteiger partial charge in [-0.3, -0.25) is 14.4 Å². The molecular weight excluding hydrogens is 384 g/mol. The summed E-state index contributed by atoms with van der Waals surface area (Å²) in [7, 11) is 0. The van der Waals surface area contributed by atoms with Crippen LogP contribution in [0.1, 0.15) is 13.3 Å². The average Bonchev–Trinajstić information content (AvgIpc) is 2.61. The first kappa shape index (κ1) is 24.5. The number of carbonyl (C=O) groups is 4. The molecule has 0 saturated heterocycles. The molecule has 3 amide bonds. The summed E-state index contributed by atoms with van der Waals surface area (Å²) in [6.07, 6.45) is 2.10. The molecule has 0 bridgehead atoms. The lowest BCUT2D eigenvalue weighted by Gasteiger charge is -2.23. The highest BCUT2D eigenvalue weighted by molar-refractivity contribution is 7.98. The van der Waals surface area contributed by atoms with Crippen molar-refractivity contribution in [3.8, 4) is 0 Å². The number of hydrogen-bond acceptors (Lipinski definition) is 8. The fraction of sp³-hybridized carbons (Fsp3) is 0.714. The smallest absolute Gasteiger partial charge is 0.327 e. The second-order valence-corrected chi connectivity index (χ2v) is 6.79. The van der Waals surface area contributed by atoms with Gasteiger partial charge in [-0.15, -0.1) is 0 Å². The van der Waals surface area contributed by atoms with Crippen LogP contribution in [0, 0.1) is 0 Å². The van der Waals surface area contributed by atoms with E-state index in [-0.39, 0.29) is 12.2 Å². The third-order valence-corrected chi connectivity index (χ3v) is 4.34. The van der Waals surface area contributed by atoms with E-state index in [0.717, 1.165) is 0 Å². The van der Waals surface area contributed by atoms with Gasteiger partial charge in [0.25, 0.3) is 0 Å². The Hall–Kier alpha value is -1.50. The van der Waals surface area contributed by atoms with E-state index >= 15 is 0 Å². The van der Waals surface area contributed by atoms with Crippen LogP contribution in [0.5, 0.6) is 0 Å². The van der Waals surface area contributed by atoms with Gasteiger partial charge in [0, 0.05) is 5.75 Å². The summed E-state index contributed by atoms with van der Waals surface area (Å²) in [6.45, 7) is 0.827. The predicted octanol–water partition coefficient (Wildman–Crippen LogP) is -2.45. The number of nitrogens with two attached hydrogens (primary N) is 1. The molecule has 0 heterocycles. The molecule has 150 valence electrons. The fourth-order valence-corrected chi connectivity index (χ4v) is 2.45. The van der Waals surface area contributed by atoms with Crippen LogP contribution in [0.4, 0.5) is 0 Å². The molecule has 0 aromatic heterocycles. The zero-order chi connectivity index (χ0) is 20.3. The normalized spacial score (nSPS) is 15.3. The maximum Gasteiger partial charge on any atom is 0.327 e. The van der Waals surface area contributed by atoms with Crippen molar-refractivity contribution < 1.29 is 29.4 Å². The zero-order valence-corrected chi connectivity index (χ0v) is 16.3. The van der Waals surface area contributed by atoms with Gasteiger partial charge in [-0.25, -0.2) is 4.79 Å². The Morgan fingerprint density at radius 1 is 1.08 bits per heavy atom. The maximum absolute atomic E-state index is 12.3. The van der Waals surface area contributed by atoms with Gasteiger partial charge >= 0.3 is 5.97 Å². The van der Waals surface area contributed by atoms with Crippen molar-refractivity contribution in [1.82, 2.24) is 16.0 Å². The Balaban J connectivity index is 4.91. The van der Waals surface area contributed by atoms with Crippen molar-refractivity contribution in [3.63, 3.8) is 0 Å². The molecule has 0 aliphatic carbocycles. The van der Waals surface area contributed by atoms with E-state index in [1.54, 1.807) is 0 Å². The summed E-state index contributed by atoms with van der Waals surface area (Å²) in [5.41, 5.74) is 5.36. The van der Waals surface area contributed by atoms with Gasteiger partial charge in [-0.05, 0) is 25.4 Å². The number of aliphatic hydroxyl groups excluding tert-OH is 1. The van der Waals surface area contributed by atoms with Gasteiger partial charge < -0.3 is 31.9 Å². The van der Waals surface area contributed by atoms with E-state index < -0.39 is 54.5 Å². The van der Waals surface area contributed by atoms with Gasteiger partial charge in [-0.1, -0.05) is 0 Å². The number of aliphatic carboxylic acids is 1. The lowest BCUT2D eigenvalue weighted by Crippen LogP contribution is -2.57. The molecule has 4 atom stereocenters. The van der Waals surface area contributed by atoms with Crippen molar-refractivity contribution in [3.05, 3.63) is 0 Å². The topological polar surface area (TPSA) is 171 Å². The number of hydrogen-bond donors (Lipinski definition) is 7. The maximum atomic E-state index is 12.3. The summed E-state index contributed by atoms with van der Waals surface area (Å²) >= 11 is 5.32. The van der Waals surface area contributed by atoms with Crippen LogP contribution >= 0.6 is 24.4 Å². The Morgan fingerprint density at radius 3 is 2.12 bits per heavy atom. The lowest BCUT2D eigenvalue weighted by atomic mass is 10.1. The van der Waals surface area contributed by atoms with Crippen LogP contribution in [-0.4, -0.2) is 82.4 Å². The first-order chi connectivity index (χ1) is 12.2. The van der Waals surface area contributed by atoms with Gasteiger partial charge in [0.2, 0.25) is 17.7 Å². The molecule has 10 nitrogen and oxygen atoms in total. The van der Waals surface area contributed by atoms with Crippen LogP contribution in [0.3, 0.4) is 0 Å². The van der Waals surface area contributed by atoms with Crippen molar-refractivity contribution in [1.29, 1.82) is 0 Å². The molecule has 4 unspecified atom stereocenters. The lowest BCUT2D eigenvalue weighted by molar-refractivity contribution is -0.141. The standard InChI is InChI=1S/C14H26N4O6S2/c1-7(16-12(21)8(15)5-19)11(20)17-9(3-4-26-2)13(22)18-10(6-25)14(23)24/h7-10,19,25H,3-6,15H2,1-2H3,(H,16,21)(H,17,20)(H,18,22)(H,23,24). The second-order valence-electron chi connectivity index (χ2n) is 5.44. The van der Waals surface area contributed by atoms with Crippen molar-refractivity contribution in [2.45, 2.75) is 37.5 Å². The van der Waals surface area contributed by atoms with Gasteiger partial charge in [0.15, 0.2) is 0 Å². The van der Waals surface area contributed by atoms with E-state index in [9.17, 15) is 19.2 Å². The van der Waals surface area contributed by atoms with Gasteiger partial charge in [0.1, 0.15) is 24.2 Å². The summed E-state index contributed by atoms with van der Waals surface area (Å²) in [5, 5.41) is 24.9. The van der Waals surface area contributed by atoms with Gasteiger partial charge in [0.05, 0.1) is 6.61 Å². The fourth-order valence-electron chi connectivity index (χ4n) is 1.73. The van der Waals surface area contributed by atoms with E-state index in [2.05, 4.69) is 28.6 Å². The first-order valence-electron chi connectivity index (χ1n) is 7.78. The summed E-state index contributed by atoms with van der Waals surface area (Å²) in [4.78, 5) is 47.1. The monoisotopic (exact) mass is 410 g/mol. The molecule has 0 aliphatic heterocycles. The molecule has 0 aromatic carbocycles. The molecule has 0 fully saturated rings. The highest BCUT2D eigenvalue weighted by Gasteiger charge is 2.27. The molecule has 12 heteroatoms. The highest BCUT2D eigenvalue weighted by Crippen LogP contribution is 2.03. The Labute approximate surface area is 161 Å². The third-order valence-electron chi connectivity index (χ3n) is 3.33. The number of carboxylic acid groups (broad SMARTS) is 1. The number of rotatable bonds is 12. The summed E-state index contributed by atoms with van der Waals surface area (Å²) in [5.74, 6) is -2.78. The molecule has 0 radical (unpaired) electrons. The molecule has 0 rings (SSSR count). The third kappa shape index (κ3) is 8.74.